The molecule has 0 spiro atoms. The van der Waals surface area contributed by atoms with E-state index in [0.717, 1.165) is 56.6 Å². The molecule has 1 heterocycles. The first-order valence-electron chi connectivity index (χ1n) is 13.6. The summed E-state index contributed by atoms with van der Waals surface area (Å²) in [6.45, 7) is 0.432. The Labute approximate surface area is 257 Å². The van der Waals surface area contributed by atoms with E-state index in [1.165, 1.54) is 15.6 Å². The summed E-state index contributed by atoms with van der Waals surface area (Å²) < 4.78 is 13.0. The van der Waals surface area contributed by atoms with Crippen LogP contribution in [0.1, 0.15) is 44.8 Å². The average molecular weight is 673 g/mol. The molecule has 5 nitrogen and oxygen atoms in total. The maximum absolute atomic E-state index is 13.4. The lowest BCUT2D eigenvalue weighted by molar-refractivity contribution is 0.102. The van der Waals surface area contributed by atoms with Gasteiger partial charge in [0, 0.05) is 16.8 Å². The highest BCUT2D eigenvalue weighted by atomic mass is 127. The molecule has 0 bridgehead atoms. The van der Waals surface area contributed by atoms with Crippen molar-refractivity contribution in [1.29, 1.82) is 0 Å². The van der Waals surface area contributed by atoms with E-state index in [1.54, 1.807) is 18.4 Å². The third-order valence-electron chi connectivity index (χ3n) is 7.25. The lowest BCUT2D eigenvalue weighted by atomic mass is 9.95. The lowest BCUT2D eigenvalue weighted by Crippen LogP contribution is -2.14. The first kappa shape index (κ1) is 27.5. The van der Waals surface area contributed by atoms with Gasteiger partial charge >= 0.3 is 0 Å². The van der Waals surface area contributed by atoms with E-state index in [2.05, 4.69) is 58.2 Å². The van der Waals surface area contributed by atoms with Gasteiger partial charge in [-0.2, -0.15) is 0 Å². The Morgan fingerprint density at radius 2 is 1.78 bits per heavy atom. The molecule has 1 aromatic heterocycles. The number of carbonyl (C=O) groups excluding carboxylic acids is 1. The molecular formula is C34H29IN2O3S. The molecule has 0 radical (unpaired) electrons. The summed E-state index contributed by atoms with van der Waals surface area (Å²) in [7, 11) is 1.65. The Bertz CT molecular complexity index is 1740. The third kappa shape index (κ3) is 6.01. The molecule has 0 saturated heterocycles. The van der Waals surface area contributed by atoms with E-state index in [4.69, 9.17) is 14.5 Å². The number of anilines is 1. The minimum atomic E-state index is -0.105. The second-order valence-electron chi connectivity index (χ2n) is 9.93. The zero-order valence-electron chi connectivity index (χ0n) is 22.7. The quantitative estimate of drug-likeness (QED) is 0.132. The van der Waals surface area contributed by atoms with Gasteiger partial charge in [0.1, 0.15) is 11.6 Å². The number of aryl methyl sites for hydroxylation is 1. The van der Waals surface area contributed by atoms with Crippen molar-refractivity contribution in [3.63, 3.8) is 0 Å². The molecule has 7 heteroatoms. The number of benzene rings is 4. The maximum atomic E-state index is 13.4. The van der Waals surface area contributed by atoms with Crippen molar-refractivity contribution in [2.45, 2.75) is 32.3 Å². The van der Waals surface area contributed by atoms with E-state index < -0.39 is 0 Å². The SMILES string of the molecule is COc1cc(/C=N\c2sc3c(c2C(=O)Nc2ccccc2)CCCC3)cc(I)c1OCc1cccc2ccccc12. The fraction of sp³-hybridized carbons (Fsp3) is 0.176. The predicted octanol–water partition coefficient (Wildman–Crippen LogP) is 8.98. The van der Waals surface area contributed by atoms with Gasteiger partial charge in [0.25, 0.3) is 5.91 Å². The molecule has 206 valence electrons. The highest BCUT2D eigenvalue weighted by Crippen LogP contribution is 2.41. The van der Waals surface area contributed by atoms with Crippen LogP contribution >= 0.6 is 33.9 Å². The van der Waals surface area contributed by atoms with Crippen LogP contribution in [0.3, 0.4) is 0 Å². The minimum absolute atomic E-state index is 0.105. The van der Waals surface area contributed by atoms with Crippen LogP contribution in [0.2, 0.25) is 0 Å². The van der Waals surface area contributed by atoms with Crippen molar-refractivity contribution >= 4 is 67.5 Å². The normalized spacial score (nSPS) is 12.8. The second-order valence-corrected chi connectivity index (χ2v) is 12.2. The maximum Gasteiger partial charge on any atom is 0.259 e. The predicted molar refractivity (Wildman–Crippen MR) is 177 cm³/mol. The van der Waals surface area contributed by atoms with Crippen molar-refractivity contribution in [2.24, 2.45) is 4.99 Å². The van der Waals surface area contributed by atoms with Gasteiger partial charge in [-0.3, -0.25) is 4.79 Å². The molecule has 0 fully saturated rings. The van der Waals surface area contributed by atoms with E-state index in [0.29, 0.717) is 23.7 Å². The molecule has 1 N–H and O–H groups in total. The molecule has 4 aromatic carbocycles. The minimum Gasteiger partial charge on any atom is -0.493 e. The summed E-state index contributed by atoms with van der Waals surface area (Å²) >= 11 is 3.91. The topological polar surface area (TPSA) is 59.9 Å². The van der Waals surface area contributed by atoms with Gasteiger partial charge in [-0.1, -0.05) is 60.7 Å². The second kappa shape index (κ2) is 12.4. The Hall–Kier alpha value is -3.69. The van der Waals surface area contributed by atoms with Crippen molar-refractivity contribution in [3.05, 3.63) is 116 Å². The zero-order chi connectivity index (χ0) is 28.2. The van der Waals surface area contributed by atoms with Crippen LogP contribution < -0.4 is 14.8 Å². The van der Waals surface area contributed by atoms with Crippen molar-refractivity contribution in [3.8, 4) is 11.5 Å². The van der Waals surface area contributed by atoms with Crippen molar-refractivity contribution < 1.29 is 14.3 Å². The van der Waals surface area contributed by atoms with Gasteiger partial charge in [0.15, 0.2) is 11.5 Å². The lowest BCUT2D eigenvalue weighted by Gasteiger charge is -2.14. The molecular weight excluding hydrogens is 643 g/mol. The van der Waals surface area contributed by atoms with Gasteiger partial charge in [-0.05, 0) is 100 Å². The monoisotopic (exact) mass is 672 g/mol. The first-order chi connectivity index (χ1) is 20.1. The Kier molecular flexibility index (Phi) is 8.34. The fourth-order valence-corrected chi connectivity index (χ4v) is 7.26. The summed E-state index contributed by atoms with van der Waals surface area (Å²) in [5.74, 6) is 1.24. The molecule has 1 aliphatic rings. The number of amides is 1. The van der Waals surface area contributed by atoms with Gasteiger partial charge in [0.2, 0.25) is 0 Å². The number of para-hydroxylation sites is 1. The molecule has 0 saturated carbocycles. The van der Waals surface area contributed by atoms with Crippen LogP contribution in [0.5, 0.6) is 11.5 Å². The third-order valence-corrected chi connectivity index (χ3v) is 9.25. The summed E-state index contributed by atoms with van der Waals surface area (Å²) in [4.78, 5) is 19.6. The number of carbonyl (C=O) groups is 1. The van der Waals surface area contributed by atoms with Crippen LogP contribution in [-0.4, -0.2) is 19.2 Å². The van der Waals surface area contributed by atoms with Crippen LogP contribution in [0, 0.1) is 3.57 Å². The van der Waals surface area contributed by atoms with Crippen LogP contribution in [0.4, 0.5) is 10.7 Å². The number of hydrogen-bond donors (Lipinski definition) is 1. The Balaban J connectivity index is 1.26. The number of halogens is 1. The van der Waals surface area contributed by atoms with Gasteiger partial charge in [-0.15, -0.1) is 11.3 Å². The molecule has 0 unspecified atom stereocenters. The number of hydrogen-bond acceptors (Lipinski definition) is 5. The fourth-order valence-electron chi connectivity index (χ4n) is 5.25. The molecule has 6 rings (SSSR count). The molecule has 0 atom stereocenters. The smallest absolute Gasteiger partial charge is 0.259 e. The summed E-state index contributed by atoms with van der Waals surface area (Å²) in [6, 6.07) is 28.1. The van der Waals surface area contributed by atoms with Gasteiger partial charge in [-0.25, -0.2) is 4.99 Å². The van der Waals surface area contributed by atoms with E-state index in [-0.39, 0.29) is 5.91 Å². The number of rotatable bonds is 8. The average Bonchev–Trinajstić information content (AvgIpc) is 3.38. The molecule has 1 aliphatic carbocycles. The number of thiophene rings is 1. The van der Waals surface area contributed by atoms with Gasteiger partial charge in [0.05, 0.1) is 16.2 Å². The molecule has 41 heavy (non-hydrogen) atoms. The number of fused-ring (bicyclic) bond motifs is 2. The number of aliphatic imine (C=N–C) groups is 1. The summed E-state index contributed by atoms with van der Waals surface area (Å²) in [6.07, 6.45) is 5.96. The van der Waals surface area contributed by atoms with Crippen LogP contribution in [-0.2, 0) is 19.4 Å². The van der Waals surface area contributed by atoms with E-state index >= 15 is 0 Å². The largest absolute Gasteiger partial charge is 0.493 e. The molecule has 0 aliphatic heterocycles. The van der Waals surface area contributed by atoms with E-state index in [9.17, 15) is 4.79 Å². The summed E-state index contributed by atoms with van der Waals surface area (Å²) in [5.41, 5.74) is 4.62. The summed E-state index contributed by atoms with van der Waals surface area (Å²) in [5, 5.41) is 6.18. The highest BCUT2D eigenvalue weighted by Gasteiger charge is 2.25. The van der Waals surface area contributed by atoms with E-state index in [1.807, 2.05) is 60.8 Å². The van der Waals surface area contributed by atoms with Crippen LogP contribution in [0.15, 0.2) is 89.9 Å². The van der Waals surface area contributed by atoms with Crippen molar-refractivity contribution in [2.75, 3.05) is 12.4 Å². The van der Waals surface area contributed by atoms with Crippen molar-refractivity contribution in [1.82, 2.24) is 0 Å². The number of ether oxygens (including phenoxy) is 2. The van der Waals surface area contributed by atoms with Gasteiger partial charge < -0.3 is 14.8 Å². The Morgan fingerprint density at radius 3 is 2.63 bits per heavy atom. The number of nitrogens with one attached hydrogen (secondary N) is 1. The standard InChI is InChI=1S/C34H29IN2O3S/c1-39-29-19-22(18-28(35)32(29)40-21-24-12-9-11-23-10-5-6-15-26(23)24)20-36-34-31(27-16-7-8-17-30(27)41-34)33(38)37-25-13-3-2-4-14-25/h2-6,9-15,18-20H,7-8,16-17,21H2,1H3,(H,37,38)/b36-20-. The van der Waals surface area contributed by atoms with Crippen LogP contribution in [0.25, 0.3) is 10.8 Å². The zero-order valence-corrected chi connectivity index (χ0v) is 25.6. The number of nitrogens with zero attached hydrogens (tertiary/aromatic N) is 1. The molecule has 5 aromatic rings. The highest BCUT2D eigenvalue weighted by molar-refractivity contribution is 14.1. The number of methoxy groups -OCH3 is 1. The Morgan fingerprint density at radius 1 is 1.00 bits per heavy atom. The molecule has 1 amide bonds. The first-order valence-corrected chi connectivity index (χ1v) is 15.5.